The Kier molecular flexibility index (Phi) is 7.74. The summed E-state index contributed by atoms with van der Waals surface area (Å²) < 4.78 is 1.20. The zero-order valence-electron chi connectivity index (χ0n) is 10.5. The Balaban J connectivity index is 2.26. The van der Waals surface area contributed by atoms with Crippen molar-refractivity contribution in [2.75, 3.05) is 0 Å². The smallest absolute Gasteiger partial charge is 0.0132 e. The van der Waals surface area contributed by atoms with E-state index in [1.54, 1.807) is 0 Å². The molecule has 0 aliphatic rings. The summed E-state index contributed by atoms with van der Waals surface area (Å²) in [7, 11) is 0. The fourth-order valence-electron chi connectivity index (χ4n) is 1.61. The Hall–Kier alpha value is -0.820. The fourth-order valence-corrected chi connectivity index (χ4v) is 2.02. The van der Waals surface area contributed by atoms with Gasteiger partial charge in [-0.2, -0.15) is 0 Å². The van der Waals surface area contributed by atoms with E-state index in [2.05, 4.69) is 71.4 Å². The molecule has 0 bridgehead atoms. The van der Waals surface area contributed by atoms with Crippen molar-refractivity contribution in [1.29, 1.82) is 0 Å². The van der Waals surface area contributed by atoms with E-state index in [1.165, 1.54) is 29.3 Å². The van der Waals surface area contributed by atoms with E-state index >= 15 is 0 Å². The molecule has 1 aromatic rings. The minimum absolute atomic E-state index is 1.09. The normalized spacial score (nSPS) is 12.2. The van der Waals surface area contributed by atoms with Crippen LogP contribution in [0.15, 0.2) is 53.0 Å². The molecule has 0 fully saturated rings. The lowest BCUT2D eigenvalue weighted by Crippen LogP contribution is -1.81. The number of hydrogen-bond acceptors (Lipinski definition) is 0. The molecule has 0 aromatic heterocycles. The van der Waals surface area contributed by atoms with Gasteiger partial charge in [0.05, 0.1) is 0 Å². The van der Waals surface area contributed by atoms with Crippen LogP contribution in [0.2, 0.25) is 0 Å². The summed E-state index contributed by atoms with van der Waals surface area (Å²) in [5.41, 5.74) is 1.40. The number of benzene rings is 1. The highest BCUT2D eigenvalue weighted by Gasteiger charge is 1.90. The number of hydrogen-bond donors (Lipinski definition) is 0. The van der Waals surface area contributed by atoms with Gasteiger partial charge in [0.1, 0.15) is 0 Å². The van der Waals surface area contributed by atoms with Gasteiger partial charge in [-0.05, 0) is 24.8 Å². The maximum Gasteiger partial charge on any atom is 0.0132 e. The van der Waals surface area contributed by atoms with Gasteiger partial charge >= 0.3 is 0 Å². The molecule has 0 heterocycles. The summed E-state index contributed by atoms with van der Waals surface area (Å²) >= 11 is 3.58. The van der Waals surface area contributed by atoms with Crippen LogP contribution in [0, 0.1) is 0 Å². The van der Waals surface area contributed by atoms with Gasteiger partial charge in [-0.1, -0.05) is 84.3 Å². The third-order valence-electron chi connectivity index (χ3n) is 2.62. The van der Waals surface area contributed by atoms with Crippen molar-refractivity contribution in [2.45, 2.75) is 39.0 Å². The van der Waals surface area contributed by atoms with Gasteiger partial charge in [0.25, 0.3) is 0 Å². The molecule has 17 heavy (non-hydrogen) atoms. The Morgan fingerprint density at radius 3 is 2.65 bits per heavy atom. The Bertz CT molecular complexity index is 349. The predicted octanol–water partition coefficient (Wildman–Crippen LogP) is 5.64. The van der Waals surface area contributed by atoms with Crippen molar-refractivity contribution in [1.82, 2.24) is 0 Å². The maximum absolute atomic E-state index is 3.58. The van der Waals surface area contributed by atoms with E-state index < -0.39 is 0 Å². The molecule has 0 radical (unpaired) electrons. The largest absolute Gasteiger partial charge is 0.0834 e. The summed E-state index contributed by atoms with van der Waals surface area (Å²) in [6.07, 6.45) is 12.6. The SMILES string of the molecule is CCCC/C=C/C(Br)=C/CCc1ccccc1. The standard InChI is InChI=1S/C16H21Br/c1-2-3-4-8-13-16(17)14-9-12-15-10-6-5-7-11-15/h5-8,10-11,13-14H,2-4,9,12H2,1H3/b13-8+,16-14-. The quantitative estimate of drug-likeness (QED) is 0.450. The first-order valence-corrected chi connectivity index (χ1v) is 7.18. The van der Waals surface area contributed by atoms with Crippen LogP contribution in [-0.2, 0) is 6.42 Å². The minimum atomic E-state index is 1.09. The molecule has 1 aromatic carbocycles. The molecule has 0 saturated heterocycles. The molecule has 0 N–H and O–H groups in total. The number of halogens is 1. The van der Waals surface area contributed by atoms with Gasteiger partial charge in [-0.3, -0.25) is 0 Å². The zero-order valence-corrected chi connectivity index (χ0v) is 12.1. The summed E-state index contributed by atoms with van der Waals surface area (Å²) in [5, 5.41) is 0. The van der Waals surface area contributed by atoms with Crippen LogP contribution in [0.4, 0.5) is 0 Å². The second-order valence-corrected chi connectivity index (χ2v) is 5.07. The molecule has 0 atom stereocenters. The molecule has 0 unspecified atom stereocenters. The van der Waals surface area contributed by atoms with Gasteiger partial charge in [0.2, 0.25) is 0 Å². The zero-order chi connectivity index (χ0) is 12.3. The third kappa shape index (κ3) is 7.17. The molecule has 0 amide bonds. The van der Waals surface area contributed by atoms with Crippen LogP contribution >= 0.6 is 15.9 Å². The summed E-state index contributed by atoms with van der Waals surface area (Å²) in [5.74, 6) is 0. The lowest BCUT2D eigenvalue weighted by atomic mass is 10.1. The van der Waals surface area contributed by atoms with Crippen molar-refractivity contribution in [3.05, 3.63) is 58.6 Å². The van der Waals surface area contributed by atoms with E-state index in [4.69, 9.17) is 0 Å². The van der Waals surface area contributed by atoms with Gasteiger partial charge < -0.3 is 0 Å². The fraction of sp³-hybridized carbons (Fsp3) is 0.375. The highest BCUT2D eigenvalue weighted by Crippen LogP contribution is 2.11. The molecule has 0 nitrogen and oxygen atoms in total. The predicted molar refractivity (Wildman–Crippen MR) is 80.4 cm³/mol. The molecule has 92 valence electrons. The second-order valence-electron chi connectivity index (χ2n) is 4.16. The van der Waals surface area contributed by atoms with Gasteiger partial charge in [0.15, 0.2) is 0 Å². The number of rotatable bonds is 7. The Morgan fingerprint density at radius 1 is 1.18 bits per heavy atom. The minimum Gasteiger partial charge on any atom is -0.0834 e. The summed E-state index contributed by atoms with van der Waals surface area (Å²) in [6.45, 7) is 2.22. The average Bonchev–Trinajstić information content (AvgIpc) is 2.36. The lowest BCUT2D eigenvalue weighted by Gasteiger charge is -1.97. The van der Waals surface area contributed by atoms with E-state index in [0.717, 1.165) is 12.8 Å². The average molecular weight is 293 g/mol. The van der Waals surface area contributed by atoms with Crippen LogP contribution in [0.3, 0.4) is 0 Å². The Labute approximate surface area is 114 Å². The third-order valence-corrected chi connectivity index (χ3v) is 3.20. The highest BCUT2D eigenvalue weighted by atomic mass is 79.9. The van der Waals surface area contributed by atoms with Crippen molar-refractivity contribution >= 4 is 15.9 Å². The maximum atomic E-state index is 3.58. The summed E-state index contributed by atoms with van der Waals surface area (Å²) in [4.78, 5) is 0. The number of unbranched alkanes of at least 4 members (excludes halogenated alkanes) is 2. The van der Waals surface area contributed by atoms with Crippen molar-refractivity contribution in [2.24, 2.45) is 0 Å². The van der Waals surface area contributed by atoms with E-state index in [0.29, 0.717) is 0 Å². The van der Waals surface area contributed by atoms with Crippen LogP contribution in [0.5, 0.6) is 0 Å². The molecule has 0 saturated carbocycles. The van der Waals surface area contributed by atoms with Crippen molar-refractivity contribution in [3.8, 4) is 0 Å². The molecule has 0 aliphatic carbocycles. The van der Waals surface area contributed by atoms with E-state index in [9.17, 15) is 0 Å². The number of aryl methyl sites for hydroxylation is 1. The highest BCUT2D eigenvalue weighted by molar-refractivity contribution is 9.11. The summed E-state index contributed by atoms with van der Waals surface area (Å²) in [6, 6.07) is 10.6. The topological polar surface area (TPSA) is 0 Å². The molecule has 1 heteroatoms. The second kappa shape index (κ2) is 9.23. The van der Waals surface area contributed by atoms with Crippen LogP contribution in [0.1, 0.15) is 38.2 Å². The van der Waals surface area contributed by atoms with Gasteiger partial charge in [-0.15, -0.1) is 0 Å². The van der Waals surface area contributed by atoms with Crippen LogP contribution in [0.25, 0.3) is 0 Å². The molecular weight excluding hydrogens is 272 g/mol. The molecule has 1 rings (SSSR count). The van der Waals surface area contributed by atoms with Gasteiger partial charge in [-0.25, -0.2) is 0 Å². The van der Waals surface area contributed by atoms with Gasteiger partial charge in [0, 0.05) is 4.48 Å². The van der Waals surface area contributed by atoms with Crippen molar-refractivity contribution in [3.63, 3.8) is 0 Å². The first-order valence-electron chi connectivity index (χ1n) is 6.39. The van der Waals surface area contributed by atoms with Crippen LogP contribution < -0.4 is 0 Å². The first kappa shape index (κ1) is 14.2. The Morgan fingerprint density at radius 2 is 1.94 bits per heavy atom. The number of allylic oxidation sites excluding steroid dienone is 4. The van der Waals surface area contributed by atoms with Crippen LogP contribution in [-0.4, -0.2) is 0 Å². The first-order chi connectivity index (χ1) is 8.33. The molecule has 0 spiro atoms. The van der Waals surface area contributed by atoms with E-state index in [-0.39, 0.29) is 0 Å². The van der Waals surface area contributed by atoms with E-state index in [1.807, 2.05) is 0 Å². The monoisotopic (exact) mass is 292 g/mol. The molecular formula is C16H21Br. The van der Waals surface area contributed by atoms with Crippen molar-refractivity contribution < 1.29 is 0 Å². The molecule has 0 aliphatic heterocycles. The lowest BCUT2D eigenvalue weighted by molar-refractivity contribution is 0.815.